The molecule has 1 aromatic rings. The fourth-order valence-corrected chi connectivity index (χ4v) is 2.26. The molecule has 18 heavy (non-hydrogen) atoms. The van der Waals surface area contributed by atoms with Gasteiger partial charge in [-0.2, -0.15) is 0 Å². The third-order valence-corrected chi connectivity index (χ3v) is 3.48. The lowest BCUT2D eigenvalue weighted by Gasteiger charge is -2.29. The molecule has 0 atom stereocenters. The Morgan fingerprint density at radius 1 is 1.39 bits per heavy atom. The van der Waals surface area contributed by atoms with Gasteiger partial charge in [0.1, 0.15) is 5.82 Å². The van der Waals surface area contributed by atoms with Gasteiger partial charge in [-0.3, -0.25) is 0 Å². The van der Waals surface area contributed by atoms with Crippen molar-refractivity contribution in [2.24, 2.45) is 5.92 Å². The Balaban J connectivity index is 2.17. The number of hydrogen-bond acceptors (Lipinski definition) is 2. The second kappa shape index (κ2) is 5.70. The van der Waals surface area contributed by atoms with Crippen molar-refractivity contribution >= 4 is 5.69 Å². The number of nitrogens with zero attached hydrogens (tertiary/aromatic N) is 1. The van der Waals surface area contributed by atoms with Crippen LogP contribution >= 0.6 is 0 Å². The first-order valence-electron chi connectivity index (χ1n) is 6.81. The summed E-state index contributed by atoms with van der Waals surface area (Å²) in [6, 6.07) is 5.92. The number of anilines is 1. The van der Waals surface area contributed by atoms with Crippen molar-refractivity contribution in [3.05, 3.63) is 29.6 Å². The fourth-order valence-electron chi connectivity index (χ4n) is 2.26. The lowest BCUT2D eigenvalue weighted by molar-refractivity contribution is 0.586. The molecule has 0 heterocycles. The molecule has 0 bridgehead atoms. The van der Waals surface area contributed by atoms with Crippen LogP contribution in [0.1, 0.15) is 32.3 Å². The van der Waals surface area contributed by atoms with E-state index in [2.05, 4.69) is 24.1 Å². The van der Waals surface area contributed by atoms with Crippen LogP contribution in [0.15, 0.2) is 18.2 Å². The van der Waals surface area contributed by atoms with Crippen molar-refractivity contribution in [2.45, 2.75) is 39.3 Å². The summed E-state index contributed by atoms with van der Waals surface area (Å²) in [5.74, 6) is 0.667. The summed E-state index contributed by atoms with van der Waals surface area (Å²) in [6.45, 7) is 5.95. The molecule has 2 rings (SSSR count). The Morgan fingerprint density at radius 3 is 2.61 bits per heavy atom. The fraction of sp³-hybridized carbons (Fsp3) is 0.600. The smallest absolute Gasteiger partial charge is 0.146 e. The van der Waals surface area contributed by atoms with E-state index in [0.717, 1.165) is 23.7 Å². The van der Waals surface area contributed by atoms with Crippen molar-refractivity contribution in [2.75, 3.05) is 18.5 Å². The monoisotopic (exact) mass is 250 g/mol. The first kappa shape index (κ1) is 13.3. The van der Waals surface area contributed by atoms with Gasteiger partial charge in [0.2, 0.25) is 0 Å². The maximum Gasteiger partial charge on any atom is 0.146 e. The summed E-state index contributed by atoms with van der Waals surface area (Å²) in [7, 11) is 1.87. The SMILES string of the molecule is CNCc1ccc(N(CC2CC2)C(C)C)c(F)c1. The molecule has 1 aliphatic carbocycles. The third kappa shape index (κ3) is 3.22. The maximum atomic E-state index is 14.2. The summed E-state index contributed by atoms with van der Waals surface area (Å²) in [5.41, 5.74) is 1.74. The number of benzene rings is 1. The summed E-state index contributed by atoms with van der Waals surface area (Å²) in [6.07, 6.45) is 2.59. The summed E-state index contributed by atoms with van der Waals surface area (Å²) in [5, 5.41) is 3.04. The highest BCUT2D eigenvalue weighted by atomic mass is 19.1. The van der Waals surface area contributed by atoms with Crippen LogP contribution in [0.2, 0.25) is 0 Å². The van der Waals surface area contributed by atoms with E-state index in [1.807, 2.05) is 19.2 Å². The second-order valence-electron chi connectivity index (χ2n) is 5.51. The molecule has 1 fully saturated rings. The molecule has 1 N–H and O–H groups in total. The largest absolute Gasteiger partial charge is 0.366 e. The second-order valence-corrected chi connectivity index (χ2v) is 5.51. The van der Waals surface area contributed by atoms with Gasteiger partial charge in [0.25, 0.3) is 0 Å². The van der Waals surface area contributed by atoms with E-state index in [9.17, 15) is 4.39 Å². The molecule has 1 aromatic carbocycles. The molecule has 0 amide bonds. The van der Waals surface area contributed by atoms with Gasteiger partial charge >= 0.3 is 0 Å². The van der Waals surface area contributed by atoms with Gasteiger partial charge in [0, 0.05) is 19.1 Å². The average molecular weight is 250 g/mol. The minimum Gasteiger partial charge on any atom is -0.366 e. The molecule has 1 aliphatic rings. The van der Waals surface area contributed by atoms with E-state index in [-0.39, 0.29) is 5.82 Å². The van der Waals surface area contributed by atoms with Gasteiger partial charge in [0.15, 0.2) is 0 Å². The van der Waals surface area contributed by atoms with Gasteiger partial charge in [0.05, 0.1) is 5.69 Å². The van der Waals surface area contributed by atoms with Gasteiger partial charge in [-0.25, -0.2) is 4.39 Å². The van der Waals surface area contributed by atoms with E-state index in [1.165, 1.54) is 12.8 Å². The molecule has 0 radical (unpaired) electrons. The molecule has 2 nitrogen and oxygen atoms in total. The topological polar surface area (TPSA) is 15.3 Å². The average Bonchev–Trinajstić information content (AvgIpc) is 3.11. The lowest BCUT2D eigenvalue weighted by atomic mass is 10.1. The summed E-state index contributed by atoms with van der Waals surface area (Å²) >= 11 is 0. The van der Waals surface area contributed by atoms with E-state index >= 15 is 0 Å². The Morgan fingerprint density at radius 2 is 2.11 bits per heavy atom. The van der Waals surface area contributed by atoms with E-state index in [4.69, 9.17) is 0 Å². The first-order valence-corrected chi connectivity index (χ1v) is 6.81. The molecule has 0 saturated heterocycles. The Hall–Kier alpha value is -1.09. The van der Waals surface area contributed by atoms with Crippen molar-refractivity contribution in [1.82, 2.24) is 5.32 Å². The zero-order valence-electron chi connectivity index (χ0n) is 11.5. The van der Waals surface area contributed by atoms with Crippen molar-refractivity contribution < 1.29 is 4.39 Å². The van der Waals surface area contributed by atoms with Gasteiger partial charge in [-0.05, 0) is 57.4 Å². The van der Waals surface area contributed by atoms with E-state index in [0.29, 0.717) is 12.6 Å². The number of hydrogen-bond donors (Lipinski definition) is 1. The summed E-state index contributed by atoms with van der Waals surface area (Å²) in [4.78, 5) is 2.19. The molecule has 3 heteroatoms. The number of nitrogens with one attached hydrogen (secondary N) is 1. The van der Waals surface area contributed by atoms with Crippen LogP contribution in [0.25, 0.3) is 0 Å². The van der Waals surface area contributed by atoms with Gasteiger partial charge in [-0.1, -0.05) is 6.07 Å². The number of halogens is 1. The van der Waals surface area contributed by atoms with Crippen LogP contribution < -0.4 is 10.2 Å². The van der Waals surface area contributed by atoms with Crippen LogP contribution in [-0.2, 0) is 6.54 Å². The quantitative estimate of drug-likeness (QED) is 0.834. The molecule has 0 aromatic heterocycles. The highest BCUT2D eigenvalue weighted by Crippen LogP contribution is 2.33. The highest BCUT2D eigenvalue weighted by Gasteiger charge is 2.26. The van der Waals surface area contributed by atoms with E-state index < -0.39 is 0 Å². The van der Waals surface area contributed by atoms with Crippen molar-refractivity contribution in [3.8, 4) is 0 Å². The Kier molecular flexibility index (Phi) is 4.23. The minimum absolute atomic E-state index is 0.0999. The highest BCUT2D eigenvalue weighted by molar-refractivity contribution is 5.50. The van der Waals surface area contributed by atoms with Crippen LogP contribution in [0.4, 0.5) is 10.1 Å². The van der Waals surface area contributed by atoms with Crippen LogP contribution in [0.5, 0.6) is 0 Å². The Bertz CT molecular complexity index is 399. The molecular weight excluding hydrogens is 227 g/mol. The summed E-state index contributed by atoms with van der Waals surface area (Å²) < 4.78 is 14.2. The van der Waals surface area contributed by atoms with Crippen LogP contribution in [-0.4, -0.2) is 19.6 Å². The molecule has 1 saturated carbocycles. The van der Waals surface area contributed by atoms with E-state index in [1.54, 1.807) is 6.07 Å². The molecular formula is C15H23FN2. The maximum absolute atomic E-state index is 14.2. The standard InChI is InChI=1S/C15H23FN2/c1-11(2)18(10-12-4-5-12)15-7-6-13(9-17-3)8-14(15)16/h6-8,11-12,17H,4-5,9-10H2,1-3H3. The van der Waals surface area contributed by atoms with Gasteiger partial charge in [-0.15, -0.1) is 0 Å². The predicted octanol–water partition coefficient (Wildman–Crippen LogP) is 3.17. The molecule has 100 valence electrons. The van der Waals surface area contributed by atoms with Crippen molar-refractivity contribution in [3.63, 3.8) is 0 Å². The van der Waals surface area contributed by atoms with Crippen LogP contribution in [0, 0.1) is 11.7 Å². The van der Waals surface area contributed by atoms with Crippen LogP contribution in [0.3, 0.4) is 0 Å². The minimum atomic E-state index is -0.0999. The van der Waals surface area contributed by atoms with Crippen molar-refractivity contribution in [1.29, 1.82) is 0 Å². The molecule has 0 spiro atoms. The Labute approximate surface area is 109 Å². The predicted molar refractivity (Wildman–Crippen MR) is 74.4 cm³/mol. The lowest BCUT2D eigenvalue weighted by Crippen LogP contribution is -2.33. The third-order valence-electron chi connectivity index (χ3n) is 3.48. The first-order chi connectivity index (χ1) is 8.61. The normalized spacial score (nSPS) is 15.2. The van der Waals surface area contributed by atoms with Gasteiger partial charge < -0.3 is 10.2 Å². The zero-order valence-corrected chi connectivity index (χ0v) is 11.5. The number of rotatable bonds is 6. The zero-order chi connectivity index (χ0) is 13.1. The molecule has 0 aliphatic heterocycles. The molecule has 0 unspecified atom stereocenters.